The lowest BCUT2D eigenvalue weighted by molar-refractivity contribution is 0.559. The minimum absolute atomic E-state index is 0.374. The maximum absolute atomic E-state index is 12.5. The van der Waals surface area contributed by atoms with Crippen molar-refractivity contribution in [1.29, 1.82) is 0 Å². The van der Waals surface area contributed by atoms with E-state index in [1.165, 1.54) is 0 Å². The third-order valence-corrected chi connectivity index (χ3v) is 6.83. The number of aliphatic imine (C=N–C) groups is 1. The van der Waals surface area contributed by atoms with Crippen LogP contribution in [0, 0.1) is 0 Å². The van der Waals surface area contributed by atoms with Crippen LogP contribution in [0.15, 0.2) is 67.6 Å². The van der Waals surface area contributed by atoms with Gasteiger partial charge in [-0.3, -0.25) is 4.99 Å². The molecule has 28 heavy (non-hydrogen) atoms. The Morgan fingerprint density at radius 3 is 2.61 bits per heavy atom. The van der Waals surface area contributed by atoms with Gasteiger partial charge in [-0.15, -0.1) is 0 Å². The molecule has 0 aliphatic heterocycles. The normalized spacial score (nSPS) is 11.4. The van der Waals surface area contributed by atoms with Gasteiger partial charge in [0, 0.05) is 47.1 Å². The lowest BCUT2D eigenvalue weighted by Crippen LogP contribution is -2.21. The number of hydrogen-bond acceptors (Lipinski definition) is 6. The Balaban J connectivity index is 1.92. The first-order chi connectivity index (χ1) is 13.7. The summed E-state index contributed by atoms with van der Waals surface area (Å²) < 4.78 is 5.57. The molecule has 0 unspecified atom stereocenters. The van der Waals surface area contributed by atoms with Gasteiger partial charge in [-0.25, -0.2) is 4.79 Å². The summed E-state index contributed by atoms with van der Waals surface area (Å²) in [5.74, 6) is 1.02. The highest BCUT2D eigenvalue weighted by Gasteiger charge is 2.08. The fourth-order valence-corrected chi connectivity index (χ4v) is 4.63. The molecular formula is C22H24N2O2S2. The average molecular weight is 413 g/mol. The Kier molecular flexibility index (Phi) is 7.23. The first-order valence-corrected chi connectivity index (χ1v) is 11.7. The van der Waals surface area contributed by atoms with Crippen LogP contribution in [0.3, 0.4) is 0 Å². The fraction of sp³-hybridized carbons (Fsp3) is 0.273. The molecule has 2 aromatic carbocycles. The quantitative estimate of drug-likeness (QED) is 0.252. The van der Waals surface area contributed by atoms with Crippen LogP contribution < -0.4 is 10.5 Å². The zero-order chi connectivity index (χ0) is 19.9. The summed E-state index contributed by atoms with van der Waals surface area (Å²) in [6.45, 7) is 8.15. The molecule has 0 amide bonds. The molecule has 0 aliphatic rings. The molecule has 0 radical (unpaired) electrons. The van der Waals surface area contributed by atoms with Gasteiger partial charge in [0.2, 0.25) is 0 Å². The topological polar surface area (TPSA) is 45.8 Å². The number of benzene rings is 2. The Bertz CT molecular complexity index is 1030. The van der Waals surface area contributed by atoms with Crippen LogP contribution >= 0.6 is 21.6 Å². The third kappa shape index (κ3) is 4.80. The van der Waals surface area contributed by atoms with E-state index >= 15 is 0 Å². The third-order valence-electron chi connectivity index (χ3n) is 4.35. The maximum Gasteiger partial charge on any atom is 0.345 e. The van der Waals surface area contributed by atoms with Crippen molar-refractivity contribution in [1.82, 2.24) is 0 Å². The van der Waals surface area contributed by atoms with Crippen LogP contribution in [-0.2, 0) is 0 Å². The maximum atomic E-state index is 12.5. The van der Waals surface area contributed by atoms with Crippen molar-refractivity contribution in [2.24, 2.45) is 4.99 Å². The van der Waals surface area contributed by atoms with E-state index in [1.54, 1.807) is 27.8 Å². The molecule has 0 aliphatic carbocycles. The minimum Gasteiger partial charge on any atom is -0.422 e. The van der Waals surface area contributed by atoms with Gasteiger partial charge in [0.1, 0.15) is 5.58 Å². The van der Waals surface area contributed by atoms with Gasteiger partial charge in [0.05, 0.1) is 11.3 Å². The predicted molar refractivity (Wildman–Crippen MR) is 124 cm³/mol. The number of hydrogen-bond donors (Lipinski definition) is 0. The second-order valence-corrected chi connectivity index (χ2v) is 8.73. The summed E-state index contributed by atoms with van der Waals surface area (Å²) >= 11 is 0. The number of para-hydroxylation sites is 1. The van der Waals surface area contributed by atoms with E-state index in [4.69, 9.17) is 4.42 Å². The average Bonchev–Trinajstić information content (AvgIpc) is 2.72. The summed E-state index contributed by atoms with van der Waals surface area (Å²) in [5.41, 5.74) is 2.58. The van der Waals surface area contributed by atoms with E-state index in [2.05, 4.69) is 36.7 Å². The van der Waals surface area contributed by atoms with Crippen LogP contribution in [0.2, 0.25) is 0 Å². The van der Waals surface area contributed by atoms with Gasteiger partial charge in [-0.2, -0.15) is 0 Å². The SMILES string of the molecule is CCSSc1ccccc1N=Cc1cc2ccc(N(CC)CC)cc2oc1=O. The molecule has 0 saturated carbocycles. The van der Waals surface area contributed by atoms with Crippen molar-refractivity contribution in [3.8, 4) is 0 Å². The first kappa shape index (κ1) is 20.6. The number of anilines is 1. The molecule has 0 bridgehead atoms. The molecule has 0 fully saturated rings. The molecule has 4 nitrogen and oxygen atoms in total. The van der Waals surface area contributed by atoms with E-state index in [9.17, 15) is 4.79 Å². The highest BCUT2D eigenvalue weighted by molar-refractivity contribution is 8.76. The van der Waals surface area contributed by atoms with Crippen molar-refractivity contribution in [2.45, 2.75) is 25.7 Å². The fourth-order valence-electron chi connectivity index (χ4n) is 2.89. The van der Waals surface area contributed by atoms with Gasteiger partial charge in [-0.05, 0) is 44.2 Å². The van der Waals surface area contributed by atoms with E-state index in [-0.39, 0.29) is 5.63 Å². The Morgan fingerprint density at radius 1 is 1.07 bits per heavy atom. The summed E-state index contributed by atoms with van der Waals surface area (Å²) in [4.78, 5) is 20.3. The van der Waals surface area contributed by atoms with E-state index < -0.39 is 0 Å². The van der Waals surface area contributed by atoms with Crippen molar-refractivity contribution < 1.29 is 4.42 Å². The van der Waals surface area contributed by atoms with Crippen LogP contribution in [-0.4, -0.2) is 25.1 Å². The Morgan fingerprint density at radius 2 is 1.86 bits per heavy atom. The zero-order valence-corrected chi connectivity index (χ0v) is 18.0. The smallest absolute Gasteiger partial charge is 0.345 e. The largest absolute Gasteiger partial charge is 0.422 e. The van der Waals surface area contributed by atoms with Crippen LogP contribution in [0.1, 0.15) is 26.3 Å². The van der Waals surface area contributed by atoms with Crippen molar-refractivity contribution in [3.05, 3.63) is 64.5 Å². The second kappa shape index (κ2) is 9.85. The van der Waals surface area contributed by atoms with Crippen molar-refractivity contribution >= 4 is 50.1 Å². The molecule has 146 valence electrons. The lowest BCUT2D eigenvalue weighted by Gasteiger charge is -2.20. The van der Waals surface area contributed by atoms with Crippen LogP contribution in [0.5, 0.6) is 0 Å². The number of rotatable bonds is 8. The standard InChI is InChI=1S/C22H24N2O2S2/c1-4-24(5-2)18-12-11-16-13-17(22(25)26-20(16)14-18)15-23-19-9-7-8-10-21(19)28-27-6-3/h7-15H,4-6H2,1-3H3. The summed E-state index contributed by atoms with van der Waals surface area (Å²) in [5, 5.41) is 0.890. The summed E-state index contributed by atoms with van der Waals surface area (Å²) in [7, 11) is 3.46. The number of fused-ring (bicyclic) bond motifs is 1. The monoisotopic (exact) mass is 412 g/mol. The predicted octanol–water partition coefficient (Wildman–Crippen LogP) is 6.15. The van der Waals surface area contributed by atoms with E-state index in [0.29, 0.717) is 11.1 Å². The highest BCUT2D eigenvalue weighted by atomic mass is 33.1. The molecule has 3 rings (SSSR count). The van der Waals surface area contributed by atoms with Gasteiger partial charge >= 0.3 is 5.63 Å². The summed E-state index contributed by atoms with van der Waals surface area (Å²) in [6, 6.07) is 15.8. The molecule has 0 atom stereocenters. The van der Waals surface area contributed by atoms with Crippen molar-refractivity contribution in [3.63, 3.8) is 0 Å². The van der Waals surface area contributed by atoms with E-state index in [0.717, 1.165) is 40.5 Å². The van der Waals surface area contributed by atoms with Gasteiger partial charge in [0.25, 0.3) is 0 Å². The van der Waals surface area contributed by atoms with E-state index in [1.807, 2.05) is 42.5 Å². The van der Waals surface area contributed by atoms with Gasteiger partial charge in [-0.1, -0.05) is 40.6 Å². The van der Waals surface area contributed by atoms with Crippen LogP contribution in [0.25, 0.3) is 11.0 Å². The Hall–Kier alpha value is -2.18. The van der Waals surface area contributed by atoms with Crippen molar-refractivity contribution in [2.75, 3.05) is 23.7 Å². The lowest BCUT2D eigenvalue weighted by atomic mass is 10.1. The molecule has 0 spiro atoms. The summed E-state index contributed by atoms with van der Waals surface area (Å²) in [6.07, 6.45) is 1.60. The van der Waals surface area contributed by atoms with Gasteiger partial charge < -0.3 is 9.32 Å². The first-order valence-electron chi connectivity index (χ1n) is 9.41. The molecular weight excluding hydrogens is 388 g/mol. The second-order valence-electron chi connectivity index (χ2n) is 6.10. The molecule has 0 N–H and O–H groups in total. The molecule has 3 aromatic rings. The van der Waals surface area contributed by atoms with Gasteiger partial charge in [0.15, 0.2) is 0 Å². The molecule has 1 heterocycles. The zero-order valence-electron chi connectivity index (χ0n) is 16.3. The van der Waals surface area contributed by atoms with Crippen LogP contribution in [0.4, 0.5) is 11.4 Å². The molecule has 6 heteroatoms. The number of nitrogens with zero attached hydrogens (tertiary/aromatic N) is 2. The highest BCUT2D eigenvalue weighted by Crippen LogP contribution is 2.37. The Labute approximate surface area is 173 Å². The molecule has 0 saturated heterocycles. The molecule has 1 aromatic heterocycles. The minimum atomic E-state index is -0.374.